The molecular formula is C18H27I3O. The molecule has 0 aliphatic carbocycles. The van der Waals surface area contributed by atoms with Crippen molar-refractivity contribution in [2.75, 3.05) is 6.61 Å². The van der Waals surface area contributed by atoms with Crippen LogP contribution in [0.5, 0.6) is 5.75 Å². The Morgan fingerprint density at radius 3 is 1.68 bits per heavy atom. The van der Waals surface area contributed by atoms with Crippen molar-refractivity contribution in [2.45, 2.75) is 71.1 Å². The van der Waals surface area contributed by atoms with Crippen molar-refractivity contribution in [2.24, 2.45) is 0 Å². The Balaban J connectivity index is 2.02. The third-order valence-corrected chi connectivity index (χ3v) is 5.93. The molecular weight excluding hydrogens is 613 g/mol. The van der Waals surface area contributed by atoms with Crippen molar-refractivity contribution in [3.63, 3.8) is 0 Å². The van der Waals surface area contributed by atoms with Crippen LogP contribution in [0.4, 0.5) is 0 Å². The molecule has 0 amide bonds. The van der Waals surface area contributed by atoms with E-state index in [1.807, 2.05) is 0 Å². The minimum absolute atomic E-state index is 0.850. The molecule has 126 valence electrons. The van der Waals surface area contributed by atoms with Crippen molar-refractivity contribution >= 4 is 67.8 Å². The summed E-state index contributed by atoms with van der Waals surface area (Å²) in [5, 5.41) is 0. The van der Waals surface area contributed by atoms with Gasteiger partial charge in [0.25, 0.3) is 0 Å². The number of hydrogen-bond acceptors (Lipinski definition) is 1. The topological polar surface area (TPSA) is 9.23 Å². The number of benzene rings is 1. The largest absolute Gasteiger partial charge is 0.491 e. The Morgan fingerprint density at radius 1 is 0.727 bits per heavy atom. The van der Waals surface area contributed by atoms with Crippen LogP contribution in [0.25, 0.3) is 0 Å². The van der Waals surface area contributed by atoms with Crippen LogP contribution in [0.1, 0.15) is 71.1 Å². The second-order valence-electron chi connectivity index (χ2n) is 5.73. The van der Waals surface area contributed by atoms with Gasteiger partial charge in [0.1, 0.15) is 5.75 Å². The van der Waals surface area contributed by atoms with E-state index in [4.69, 9.17) is 4.74 Å². The van der Waals surface area contributed by atoms with Crippen LogP contribution in [0, 0.1) is 10.7 Å². The van der Waals surface area contributed by atoms with Gasteiger partial charge in [-0.05, 0) is 86.3 Å². The predicted molar refractivity (Wildman–Crippen MR) is 122 cm³/mol. The van der Waals surface area contributed by atoms with Gasteiger partial charge in [0.15, 0.2) is 0 Å². The lowest BCUT2D eigenvalue weighted by atomic mass is 10.1. The lowest BCUT2D eigenvalue weighted by Crippen LogP contribution is -2.01. The van der Waals surface area contributed by atoms with Crippen LogP contribution in [0.15, 0.2) is 12.1 Å². The van der Waals surface area contributed by atoms with Gasteiger partial charge in [0.05, 0.1) is 13.7 Å². The van der Waals surface area contributed by atoms with Gasteiger partial charge in [-0.3, -0.25) is 0 Å². The highest BCUT2D eigenvalue weighted by Gasteiger charge is 2.07. The first-order chi connectivity index (χ1) is 10.6. The van der Waals surface area contributed by atoms with Gasteiger partial charge in [-0.15, -0.1) is 0 Å². The second-order valence-corrected chi connectivity index (χ2v) is 9.30. The molecule has 4 heteroatoms. The monoisotopic (exact) mass is 640 g/mol. The molecule has 0 aromatic heterocycles. The zero-order valence-electron chi connectivity index (χ0n) is 13.5. The average molecular weight is 640 g/mol. The van der Waals surface area contributed by atoms with Gasteiger partial charge < -0.3 is 4.74 Å². The molecule has 22 heavy (non-hydrogen) atoms. The third-order valence-electron chi connectivity index (χ3n) is 3.71. The summed E-state index contributed by atoms with van der Waals surface area (Å²) in [4.78, 5) is 0. The Kier molecular flexibility index (Phi) is 13.0. The summed E-state index contributed by atoms with van der Waals surface area (Å²) < 4.78 is 9.70. The standard InChI is InChI=1S/C18H27I3O/c1-2-3-4-5-6-7-8-9-10-11-12-22-18-16(20)13-15(19)14-17(18)21/h13-14H,2-12H2,1H3. The van der Waals surface area contributed by atoms with E-state index in [0.717, 1.165) is 12.4 Å². The maximum absolute atomic E-state index is 5.98. The summed E-state index contributed by atoms with van der Waals surface area (Å²) in [6.45, 7) is 3.13. The minimum atomic E-state index is 0.850. The van der Waals surface area contributed by atoms with E-state index >= 15 is 0 Å². The molecule has 0 N–H and O–H groups in total. The quantitative estimate of drug-likeness (QED) is 0.168. The van der Waals surface area contributed by atoms with Crippen LogP contribution >= 0.6 is 67.8 Å². The lowest BCUT2D eigenvalue weighted by Gasteiger charge is -2.11. The third kappa shape index (κ3) is 9.49. The first kappa shape index (κ1) is 21.3. The number of ether oxygens (including phenoxy) is 1. The van der Waals surface area contributed by atoms with Gasteiger partial charge in [-0.1, -0.05) is 64.7 Å². The van der Waals surface area contributed by atoms with Crippen LogP contribution in [0.2, 0.25) is 0 Å². The maximum Gasteiger partial charge on any atom is 0.145 e. The van der Waals surface area contributed by atoms with Crippen LogP contribution in [0.3, 0.4) is 0 Å². The maximum atomic E-state index is 5.98. The van der Waals surface area contributed by atoms with E-state index in [2.05, 4.69) is 86.8 Å². The van der Waals surface area contributed by atoms with Crippen molar-refractivity contribution in [1.29, 1.82) is 0 Å². The average Bonchev–Trinajstić information content (AvgIpc) is 2.46. The first-order valence-electron chi connectivity index (χ1n) is 8.42. The molecule has 0 aliphatic heterocycles. The molecule has 0 unspecified atom stereocenters. The molecule has 0 saturated carbocycles. The van der Waals surface area contributed by atoms with E-state index in [-0.39, 0.29) is 0 Å². The summed E-state index contributed by atoms with van der Waals surface area (Å²) in [7, 11) is 0. The minimum Gasteiger partial charge on any atom is -0.491 e. The molecule has 0 saturated heterocycles. The van der Waals surface area contributed by atoms with Crippen LogP contribution in [-0.4, -0.2) is 6.61 Å². The van der Waals surface area contributed by atoms with E-state index in [1.54, 1.807) is 0 Å². The molecule has 0 bridgehead atoms. The van der Waals surface area contributed by atoms with Gasteiger partial charge in [0.2, 0.25) is 0 Å². The molecule has 0 fully saturated rings. The molecule has 0 heterocycles. The summed E-state index contributed by atoms with van der Waals surface area (Å²) in [5.74, 6) is 1.07. The van der Waals surface area contributed by atoms with E-state index in [9.17, 15) is 0 Å². The first-order valence-corrected chi connectivity index (χ1v) is 11.7. The van der Waals surface area contributed by atoms with E-state index < -0.39 is 0 Å². The van der Waals surface area contributed by atoms with E-state index in [1.165, 1.54) is 74.9 Å². The lowest BCUT2D eigenvalue weighted by molar-refractivity contribution is 0.300. The summed E-state index contributed by atoms with van der Waals surface area (Å²) in [5.41, 5.74) is 0. The fourth-order valence-corrected chi connectivity index (χ4v) is 6.32. The Morgan fingerprint density at radius 2 is 1.18 bits per heavy atom. The van der Waals surface area contributed by atoms with E-state index in [0.29, 0.717) is 0 Å². The highest BCUT2D eigenvalue weighted by atomic mass is 127. The highest BCUT2D eigenvalue weighted by Crippen LogP contribution is 2.29. The molecule has 1 aromatic rings. The number of unbranched alkanes of at least 4 members (excludes halogenated alkanes) is 9. The molecule has 1 aromatic carbocycles. The van der Waals surface area contributed by atoms with Gasteiger partial charge >= 0.3 is 0 Å². The summed E-state index contributed by atoms with van der Waals surface area (Å²) >= 11 is 7.10. The zero-order valence-corrected chi connectivity index (χ0v) is 19.9. The van der Waals surface area contributed by atoms with Gasteiger partial charge in [0, 0.05) is 3.57 Å². The van der Waals surface area contributed by atoms with Crippen LogP contribution < -0.4 is 4.74 Å². The zero-order chi connectivity index (χ0) is 16.2. The normalized spacial score (nSPS) is 10.9. The molecule has 0 aliphatic rings. The Hall–Kier alpha value is 1.21. The molecule has 1 nitrogen and oxygen atoms in total. The van der Waals surface area contributed by atoms with Gasteiger partial charge in [-0.2, -0.15) is 0 Å². The molecule has 0 radical (unpaired) electrons. The number of halogens is 3. The highest BCUT2D eigenvalue weighted by molar-refractivity contribution is 14.1. The predicted octanol–water partition coefficient (Wildman–Crippen LogP) is 7.80. The van der Waals surface area contributed by atoms with Crippen molar-refractivity contribution < 1.29 is 4.74 Å². The molecule has 0 atom stereocenters. The molecule has 0 spiro atoms. The smallest absolute Gasteiger partial charge is 0.145 e. The van der Waals surface area contributed by atoms with Crippen molar-refractivity contribution in [3.8, 4) is 5.75 Å². The molecule has 1 rings (SSSR count). The number of hydrogen-bond donors (Lipinski definition) is 0. The van der Waals surface area contributed by atoms with Crippen molar-refractivity contribution in [3.05, 3.63) is 22.8 Å². The van der Waals surface area contributed by atoms with Crippen molar-refractivity contribution in [1.82, 2.24) is 0 Å². The Labute approximate surface area is 177 Å². The summed E-state index contributed by atoms with van der Waals surface area (Å²) in [6, 6.07) is 4.36. The summed E-state index contributed by atoms with van der Waals surface area (Å²) in [6.07, 6.45) is 13.7. The van der Waals surface area contributed by atoms with Crippen LogP contribution in [-0.2, 0) is 0 Å². The van der Waals surface area contributed by atoms with Gasteiger partial charge in [-0.25, -0.2) is 0 Å². The fraction of sp³-hybridized carbons (Fsp3) is 0.667. The SMILES string of the molecule is CCCCCCCCCCCCOc1c(I)cc(I)cc1I. The second kappa shape index (κ2) is 13.5. The fourth-order valence-electron chi connectivity index (χ4n) is 2.43. The number of rotatable bonds is 12. The Bertz CT molecular complexity index is 398.